The average molecular weight is 339 g/mol. The lowest BCUT2D eigenvalue weighted by Crippen LogP contribution is -2.50. The summed E-state index contributed by atoms with van der Waals surface area (Å²) < 4.78 is 6.82. The van der Waals surface area contributed by atoms with Crippen molar-refractivity contribution in [3.63, 3.8) is 0 Å². The van der Waals surface area contributed by atoms with Crippen LogP contribution >= 0.6 is 0 Å². The number of hydrogen-bond acceptors (Lipinski definition) is 2. The van der Waals surface area contributed by atoms with E-state index in [9.17, 15) is 0 Å². The summed E-state index contributed by atoms with van der Waals surface area (Å²) in [6.07, 6.45) is 5.36. The molecule has 5 rings (SSSR count). The van der Waals surface area contributed by atoms with E-state index >= 15 is 0 Å². The smallest absolute Gasteiger partial charge is 0.229 e. The molecule has 1 atom stereocenters. The van der Waals surface area contributed by atoms with Crippen molar-refractivity contribution < 1.29 is 4.74 Å². The maximum absolute atomic E-state index is 6.82. The Kier molecular flexibility index (Phi) is 3.23. The van der Waals surface area contributed by atoms with Crippen LogP contribution in [-0.4, -0.2) is 7.05 Å². The van der Waals surface area contributed by atoms with Gasteiger partial charge in [-0.25, -0.2) is 0 Å². The van der Waals surface area contributed by atoms with Crippen LogP contribution in [0.25, 0.3) is 17.2 Å². The zero-order chi connectivity index (χ0) is 17.7. The van der Waals surface area contributed by atoms with Gasteiger partial charge in [0.1, 0.15) is 5.75 Å². The zero-order valence-corrected chi connectivity index (χ0v) is 15.1. The van der Waals surface area contributed by atoms with Gasteiger partial charge >= 0.3 is 0 Å². The molecule has 2 heteroatoms. The van der Waals surface area contributed by atoms with Crippen molar-refractivity contribution in [1.29, 1.82) is 0 Å². The largest absolute Gasteiger partial charge is 0.459 e. The Morgan fingerprint density at radius 3 is 2.50 bits per heavy atom. The van der Waals surface area contributed by atoms with Crippen molar-refractivity contribution in [2.45, 2.75) is 19.1 Å². The van der Waals surface area contributed by atoms with Crippen LogP contribution in [0.5, 0.6) is 5.75 Å². The van der Waals surface area contributed by atoms with Gasteiger partial charge in [0.2, 0.25) is 5.72 Å². The molecule has 0 bridgehead atoms. The Bertz CT molecular complexity index is 1040. The highest BCUT2D eigenvalue weighted by Crippen LogP contribution is 2.51. The van der Waals surface area contributed by atoms with Crippen LogP contribution in [0.1, 0.15) is 23.6 Å². The van der Waals surface area contributed by atoms with Gasteiger partial charge in [-0.1, -0.05) is 67.6 Å². The van der Waals surface area contributed by atoms with Crippen LogP contribution < -0.4 is 9.64 Å². The van der Waals surface area contributed by atoms with Gasteiger partial charge in [0.25, 0.3) is 0 Å². The number of benzene rings is 3. The number of nitrogens with zero attached hydrogens (tertiary/aromatic N) is 1. The predicted octanol–water partition coefficient (Wildman–Crippen LogP) is 5.62. The van der Waals surface area contributed by atoms with E-state index in [0.29, 0.717) is 0 Å². The monoisotopic (exact) mass is 339 g/mol. The highest BCUT2D eigenvalue weighted by Gasteiger charge is 2.45. The number of hydrogen-bond donors (Lipinski definition) is 0. The second kappa shape index (κ2) is 5.50. The molecule has 0 aromatic heterocycles. The Labute approximate surface area is 154 Å². The molecule has 3 aromatic rings. The quantitative estimate of drug-likeness (QED) is 0.570. The minimum atomic E-state index is -0.622. The van der Waals surface area contributed by atoms with Crippen molar-refractivity contribution >= 4 is 11.8 Å². The fourth-order valence-electron chi connectivity index (χ4n) is 4.24. The van der Waals surface area contributed by atoms with Crippen molar-refractivity contribution in [1.82, 2.24) is 0 Å². The normalized spacial score (nSPS) is 19.5. The minimum Gasteiger partial charge on any atom is -0.459 e. The summed E-state index contributed by atoms with van der Waals surface area (Å²) in [7, 11) is 2.12. The molecule has 26 heavy (non-hydrogen) atoms. The van der Waals surface area contributed by atoms with Crippen molar-refractivity contribution in [2.75, 3.05) is 11.9 Å². The van der Waals surface area contributed by atoms with E-state index in [1.807, 2.05) is 0 Å². The Morgan fingerprint density at radius 2 is 1.65 bits per heavy atom. The lowest BCUT2D eigenvalue weighted by molar-refractivity contribution is 0.115. The van der Waals surface area contributed by atoms with Crippen LogP contribution in [0.4, 0.5) is 5.69 Å². The van der Waals surface area contributed by atoms with Crippen molar-refractivity contribution in [3.8, 4) is 16.9 Å². The first-order valence-corrected chi connectivity index (χ1v) is 9.17. The molecule has 1 unspecified atom stereocenters. The summed E-state index contributed by atoms with van der Waals surface area (Å²) >= 11 is 0. The summed E-state index contributed by atoms with van der Waals surface area (Å²) in [5.74, 6) is 0.999. The Hall–Kier alpha value is -3.00. The highest BCUT2D eigenvalue weighted by atomic mass is 16.5. The SMILES string of the molecule is CCc1cccc2c1OC1(C=C2)c2ccccc2-c2ccccc2N1C. The number of rotatable bonds is 1. The molecule has 0 amide bonds. The van der Waals surface area contributed by atoms with Gasteiger partial charge in [-0.15, -0.1) is 0 Å². The summed E-state index contributed by atoms with van der Waals surface area (Å²) in [5, 5.41) is 0. The first-order chi connectivity index (χ1) is 12.7. The molecule has 0 aliphatic carbocycles. The lowest BCUT2D eigenvalue weighted by atomic mass is 9.84. The van der Waals surface area contributed by atoms with Crippen molar-refractivity contribution in [2.24, 2.45) is 0 Å². The third-order valence-electron chi connectivity index (χ3n) is 5.62. The zero-order valence-electron chi connectivity index (χ0n) is 15.1. The fourth-order valence-corrected chi connectivity index (χ4v) is 4.24. The number of fused-ring (bicyclic) bond motifs is 5. The molecule has 1 spiro atoms. The lowest BCUT2D eigenvalue weighted by Gasteiger charge is -2.47. The van der Waals surface area contributed by atoms with Crippen LogP contribution in [0, 0.1) is 0 Å². The number of ether oxygens (including phenoxy) is 1. The van der Waals surface area contributed by atoms with Gasteiger partial charge in [-0.05, 0) is 35.8 Å². The molecule has 0 fully saturated rings. The van der Waals surface area contributed by atoms with E-state index in [0.717, 1.165) is 17.7 Å². The molecule has 0 saturated carbocycles. The van der Waals surface area contributed by atoms with Crippen LogP contribution in [-0.2, 0) is 12.1 Å². The fraction of sp³-hybridized carbons (Fsp3) is 0.167. The van der Waals surface area contributed by atoms with Gasteiger partial charge in [0, 0.05) is 29.4 Å². The molecule has 3 aromatic carbocycles. The summed E-state index contributed by atoms with van der Waals surface area (Å²) in [4.78, 5) is 2.26. The molecule has 0 saturated heterocycles. The second-order valence-corrected chi connectivity index (χ2v) is 6.94. The Balaban J connectivity index is 1.78. The second-order valence-electron chi connectivity index (χ2n) is 6.94. The summed E-state index contributed by atoms with van der Waals surface area (Å²) in [5.41, 5.74) is 6.65. The first-order valence-electron chi connectivity index (χ1n) is 9.17. The first kappa shape index (κ1) is 15.3. The summed E-state index contributed by atoms with van der Waals surface area (Å²) in [6, 6.07) is 23.5. The van der Waals surface area contributed by atoms with Gasteiger partial charge in [0.15, 0.2) is 0 Å². The van der Waals surface area contributed by atoms with Crippen LogP contribution in [0.15, 0.2) is 72.8 Å². The number of likely N-dealkylation sites (N-methyl/N-ethyl adjacent to an activating group) is 1. The minimum absolute atomic E-state index is 0.622. The molecule has 2 aliphatic heterocycles. The molecule has 128 valence electrons. The van der Waals surface area contributed by atoms with Gasteiger partial charge < -0.3 is 9.64 Å². The topological polar surface area (TPSA) is 12.5 Å². The molecular formula is C24H21NO. The molecule has 0 radical (unpaired) electrons. The van der Waals surface area contributed by atoms with E-state index in [4.69, 9.17) is 4.74 Å². The van der Waals surface area contributed by atoms with E-state index in [-0.39, 0.29) is 0 Å². The highest BCUT2D eigenvalue weighted by molar-refractivity contribution is 5.87. The van der Waals surface area contributed by atoms with Crippen LogP contribution in [0.2, 0.25) is 0 Å². The van der Waals surface area contributed by atoms with E-state index in [1.54, 1.807) is 0 Å². The molecule has 0 N–H and O–H groups in total. The Morgan fingerprint density at radius 1 is 0.885 bits per heavy atom. The maximum Gasteiger partial charge on any atom is 0.229 e. The molecule has 2 heterocycles. The molecule has 2 aliphatic rings. The summed E-state index contributed by atoms with van der Waals surface area (Å²) in [6.45, 7) is 2.18. The third-order valence-corrected chi connectivity index (χ3v) is 5.62. The number of anilines is 1. The van der Waals surface area contributed by atoms with E-state index in [2.05, 4.69) is 97.8 Å². The van der Waals surface area contributed by atoms with Gasteiger partial charge in [0.05, 0.1) is 0 Å². The van der Waals surface area contributed by atoms with Crippen LogP contribution in [0.3, 0.4) is 0 Å². The van der Waals surface area contributed by atoms with E-state index < -0.39 is 5.72 Å². The van der Waals surface area contributed by atoms with Gasteiger partial charge in [-0.2, -0.15) is 0 Å². The van der Waals surface area contributed by atoms with E-state index in [1.165, 1.54) is 27.9 Å². The third kappa shape index (κ3) is 1.93. The van der Waals surface area contributed by atoms with Gasteiger partial charge in [-0.3, -0.25) is 0 Å². The molecule has 2 nitrogen and oxygen atoms in total. The van der Waals surface area contributed by atoms with Crippen molar-refractivity contribution in [3.05, 3.63) is 89.5 Å². The number of aryl methyl sites for hydroxylation is 1. The predicted molar refractivity (Wildman–Crippen MR) is 107 cm³/mol. The maximum atomic E-state index is 6.82. The molecular weight excluding hydrogens is 318 g/mol. The average Bonchev–Trinajstić information content (AvgIpc) is 2.71. The standard InChI is InChI=1S/C24H21NO/c1-3-17-9-8-10-18-15-16-24(26-23(17)18)21-13-6-4-11-19(21)20-12-5-7-14-22(20)25(24)2/h4-16H,3H2,1-2H3. The number of para-hydroxylation sites is 2.